The molecule has 1 fully saturated rings. The van der Waals surface area contributed by atoms with Gasteiger partial charge in [0.05, 0.1) is 4.99 Å². The van der Waals surface area contributed by atoms with Crippen molar-refractivity contribution in [3.05, 3.63) is 0 Å². The molecule has 0 saturated carbocycles. The molecule has 1 heterocycles. The first-order valence-electron chi connectivity index (χ1n) is 5.87. The van der Waals surface area contributed by atoms with Gasteiger partial charge >= 0.3 is 0 Å². The third-order valence-corrected chi connectivity index (χ3v) is 3.28. The summed E-state index contributed by atoms with van der Waals surface area (Å²) in [5.74, 6) is 0. The summed E-state index contributed by atoms with van der Waals surface area (Å²) in [7, 11) is 1.76. The highest BCUT2D eigenvalue weighted by molar-refractivity contribution is 7.80. The largest absolute Gasteiger partial charge is 0.392 e. The van der Waals surface area contributed by atoms with Crippen LogP contribution in [0, 0.1) is 0 Å². The summed E-state index contributed by atoms with van der Waals surface area (Å²) in [4.78, 5) is 5.43. The first-order chi connectivity index (χ1) is 7.63. The fraction of sp³-hybridized carbons (Fsp3) is 0.909. The summed E-state index contributed by atoms with van der Waals surface area (Å²) in [6, 6.07) is 0.604. The molecule has 1 saturated heterocycles. The Morgan fingerprint density at radius 2 is 2.00 bits per heavy atom. The zero-order valence-corrected chi connectivity index (χ0v) is 11.1. The van der Waals surface area contributed by atoms with Crippen LogP contribution < -0.4 is 5.73 Å². The Morgan fingerprint density at radius 3 is 2.50 bits per heavy atom. The maximum atomic E-state index is 5.54. The van der Waals surface area contributed by atoms with Gasteiger partial charge in [-0.3, -0.25) is 9.80 Å². The van der Waals surface area contributed by atoms with Gasteiger partial charge in [-0.2, -0.15) is 0 Å². The van der Waals surface area contributed by atoms with E-state index in [2.05, 4.69) is 16.7 Å². The maximum Gasteiger partial charge on any atom is 0.0870 e. The lowest BCUT2D eigenvalue weighted by molar-refractivity contribution is 0.0896. The van der Waals surface area contributed by atoms with Crippen LogP contribution in [-0.4, -0.2) is 67.3 Å². The van der Waals surface area contributed by atoms with Gasteiger partial charge in [0.2, 0.25) is 0 Å². The molecule has 0 bridgehead atoms. The average Bonchev–Trinajstić information content (AvgIpc) is 2.26. The third-order valence-electron chi connectivity index (χ3n) is 3.15. The summed E-state index contributed by atoms with van der Waals surface area (Å²) in [6.07, 6.45) is 1.10. The van der Waals surface area contributed by atoms with Crippen LogP contribution in [0.2, 0.25) is 0 Å². The second kappa shape index (κ2) is 7.17. The second-order valence-electron chi connectivity index (χ2n) is 4.41. The van der Waals surface area contributed by atoms with Gasteiger partial charge < -0.3 is 10.5 Å². The van der Waals surface area contributed by atoms with E-state index in [-0.39, 0.29) is 0 Å². The molecule has 1 aliphatic heterocycles. The Morgan fingerprint density at radius 1 is 1.38 bits per heavy atom. The van der Waals surface area contributed by atoms with Gasteiger partial charge in [0, 0.05) is 52.5 Å². The van der Waals surface area contributed by atoms with Crippen LogP contribution in [0.5, 0.6) is 0 Å². The molecule has 94 valence electrons. The van der Waals surface area contributed by atoms with Crippen LogP contribution >= 0.6 is 12.2 Å². The number of thiocarbonyl (C=S) groups is 1. The molecule has 2 N–H and O–H groups in total. The van der Waals surface area contributed by atoms with Crippen LogP contribution in [-0.2, 0) is 4.74 Å². The highest BCUT2D eigenvalue weighted by Gasteiger charge is 2.20. The van der Waals surface area contributed by atoms with Crippen LogP contribution in [0.1, 0.15) is 13.3 Å². The Kier molecular flexibility index (Phi) is 6.20. The van der Waals surface area contributed by atoms with E-state index in [4.69, 9.17) is 22.7 Å². The number of hydrogen-bond acceptors (Lipinski definition) is 4. The summed E-state index contributed by atoms with van der Waals surface area (Å²) in [6.45, 7) is 8.20. The van der Waals surface area contributed by atoms with Crippen molar-refractivity contribution in [3.63, 3.8) is 0 Å². The number of ether oxygens (including phenoxy) is 1. The molecular weight excluding hydrogens is 222 g/mol. The maximum absolute atomic E-state index is 5.54. The van der Waals surface area contributed by atoms with Crippen LogP contribution in [0.25, 0.3) is 0 Å². The van der Waals surface area contributed by atoms with Crippen molar-refractivity contribution in [3.8, 4) is 0 Å². The molecule has 1 rings (SSSR count). The first-order valence-corrected chi connectivity index (χ1v) is 6.28. The number of nitrogens with zero attached hydrogens (tertiary/aromatic N) is 2. The van der Waals surface area contributed by atoms with Gasteiger partial charge in [-0.05, 0) is 13.3 Å². The standard InChI is InChI=1S/C11H23N3OS/c1-10(3-8-15-2)14-6-4-13(5-7-14)9-11(12)16/h10H,3-9H2,1-2H3,(H2,12,16). The quantitative estimate of drug-likeness (QED) is 0.682. The summed E-state index contributed by atoms with van der Waals surface area (Å²) in [5.41, 5.74) is 5.54. The smallest absolute Gasteiger partial charge is 0.0870 e. The second-order valence-corrected chi connectivity index (χ2v) is 4.93. The minimum absolute atomic E-state index is 0.598. The topological polar surface area (TPSA) is 41.7 Å². The Bertz CT molecular complexity index is 217. The van der Waals surface area contributed by atoms with Crippen LogP contribution in [0.4, 0.5) is 0 Å². The van der Waals surface area contributed by atoms with Gasteiger partial charge in [-0.1, -0.05) is 12.2 Å². The van der Waals surface area contributed by atoms with Crippen molar-refractivity contribution in [2.45, 2.75) is 19.4 Å². The van der Waals surface area contributed by atoms with Gasteiger partial charge in [0.15, 0.2) is 0 Å². The molecule has 16 heavy (non-hydrogen) atoms. The van der Waals surface area contributed by atoms with Crippen molar-refractivity contribution < 1.29 is 4.74 Å². The van der Waals surface area contributed by atoms with E-state index in [1.807, 2.05) is 0 Å². The van der Waals surface area contributed by atoms with E-state index < -0.39 is 0 Å². The Hall–Kier alpha value is -0.230. The Balaban J connectivity index is 2.23. The van der Waals surface area contributed by atoms with E-state index in [1.54, 1.807) is 7.11 Å². The average molecular weight is 245 g/mol. The minimum Gasteiger partial charge on any atom is -0.392 e. The number of nitrogens with two attached hydrogens (primary N) is 1. The van der Waals surface area contributed by atoms with E-state index in [0.29, 0.717) is 11.0 Å². The lowest BCUT2D eigenvalue weighted by Gasteiger charge is -2.37. The highest BCUT2D eigenvalue weighted by atomic mass is 32.1. The van der Waals surface area contributed by atoms with Crippen molar-refractivity contribution in [2.75, 3.05) is 46.4 Å². The first kappa shape index (κ1) is 13.8. The van der Waals surface area contributed by atoms with E-state index in [1.165, 1.54) is 0 Å². The molecule has 0 spiro atoms. The molecule has 0 aromatic heterocycles. The zero-order valence-electron chi connectivity index (χ0n) is 10.3. The van der Waals surface area contributed by atoms with E-state index >= 15 is 0 Å². The van der Waals surface area contributed by atoms with Gasteiger partial charge in [0.1, 0.15) is 0 Å². The van der Waals surface area contributed by atoms with Crippen molar-refractivity contribution in [2.24, 2.45) is 5.73 Å². The lowest BCUT2D eigenvalue weighted by atomic mass is 10.2. The molecule has 1 aliphatic rings. The molecule has 4 nitrogen and oxygen atoms in total. The van der Waals surface area contributed by atoms with Crippen molar-refractivity contribution >= 4 is 17.2 Å². The zero-order chi connectivity index (χ0) is 12.0. The fourth-order valence-electron chi connectivity index (χ4n) is 2.05. The number of methoxy groups -OCH3 is 1. The summed E-state index contributed by atoms with van der Waals surface area (Å²) in [5, 5.41) is 0. The van der Waals surface area contributed by atoms with E-state index in [9.17, 15) is 0 Å². The van der Waals surface area contributed by atoms with Crippen LogP contribution in [0.3, 0.4) is 0 Å². The van der Waals surface area contributed by atoms with Crippen LogP contribution in [0.15, 0.2) is 0 Å². The minimum atomic E-state index is 0.598. The van der Waals surface area contributed by atoms with Gasteiger partial charge in [-0.25, -0.2) is 0 Å². The Labute approximate surface area is 104 Å². The van der Waals surface area contributed by atoms with Gasteiger partial charge in [-0.15, -0.1) is 0 Å². The summed E-state index contributed by atoms with van der Waals surface area (Å²) >= 11 is 4.92. The number of rotatable bonds is 6. The molecule has 1 atom stereocenters. The molecule has 1 unspecified atom stereocenters. The normalized spacial score (nSPS) is 20.9. The molecule has 0 amide bonds. The van der Waals surface area contributed by atoms with Crippen molar-refractivity contribution in [1.29, 1.82) is 0 Å². The fourth-order valence-corrected chi connectivity index (χ4v) is 2.24. The predicted octanol–water partition coefficient (Wildman–Crippen LogP) is 0.315. The monoisotopic (exact) mass is 245 g/mol. The highest BCUT2D eigenvalue weighted by Crippen LogP contribution is 2.08. The SMILES string of the molecule is COCCC(C)N1CCN(CC(N)=S)CC1. The van der Waals surface area contributed by atoms with Crippen molar-refractivity contribution in [1.82, 2.24) is 9.80 Å². The molecule has 0 aromatic rings. The number of hydrogen-bond donors (Lipinski definition) is 1. The molecule has 5 heteroatoms. The van der Waals surface area contributed by atoms with Gasteiger partial charge in [0.25, 0.3) is 0 Å². The molecule has 0 aromatic carbocycles. The predicted molar refractivity (Wildman–Crippen MR) is 70.8 cm³/mol. The molecular formula is C11H23N3OS. The van der Waals surface area contributed by atoms with E-state index in [0.717, 1.165) is 45.8 Å². The number of piperazine rings is 1. The third kappa shape index (κ3) is 4.74. The lowest BCUT2D eigenvalue weighted by Crippen LogP contribution is -2.51. The molecule has 0 aliphatic carbocycles. The summed E-state index contributed by atoms with van der Waals surface area (Å²) < 4.78 is 5.11. The molecule has 0 radical (unpaired) electrons.